The molecule has 9 heteroatoms. The number of hydrogen-bond acceptors (Lipinski definition) is 3. The lowest BCUT2D eigenvalue weighted by Gasteiger charge is -2.03. The van der Waals surface area contributed by atoms with Gasteiger partial charge in [-0.05, 0) is 37.2 Å². The largest absolute Gasteiger partial charge is 0.452 e. The van der Waals surface area contributed by atoms with Crippen LogP contribution in [-0.2, 0) is 25.4 Å². The normalized spacial score (nSPS) is 11.5. The molecule has 0 bridgehead atoms. The highest BCUT2D eigenvalue weighted by molar-refractivity contribution is 6.07. The average Bonchev–Trinajstić information content (AvgIpc) is 4.09. The van der Waals surface area contributed by atoms with Crippen molar-refractivity contribution in [3.8, 4) is 44.5 Å². The number of hydrogen-bond donors (Lipinski definition) is 3. The molecule has 4 N–H and O–H groups in total. The molecule has 6 heterocycles. The Kier molecular flexibility index (Phi) is 8.91. The fraction of sp³-hybridized carbons (Fsp3) is 0.128. The first-order valence-corrected chi connectivity index (χ1v) is 18.9. The number of para-hydroxylation sites is 4. The number of fused-ring (bicyclic) bond motifs is 4. The van der Waals surface area contributed by atoms with E-state index in [0.29, 0.717) is 6.54 Å². The summed E-state index contributed by atoms with van der Waals surface area (Å²) >= 11 is 0. The Bertz CT molecular complexity index is 3020. The summed E-state index contributed by atoms with van der Waals surface area (Å²) in [5, 5.41) is 4.72. The number of H-pyrrole nitrogens is 2. The summed E-state index contributed by atoms with van der Waals surface area (Å²) in [5.41, 5.74) is 19.5. The van der Waals surface area contributed by atoms with Crippen LogP contribution in [0.4, 0.5) is 4.79 Å². The van der Waals surface area contributed by atoms with E-state index in [2.05, 4.69) is 129 Å². The van der Waals surface area contributed by atoms with E-state index in [1.807, 2.05) is 55.8 Å². The quantitative estimate of drug-likeness (QED) is 0.152. The summed E-state index contributed by atoms with van der Waals surface area (Å²) < 4.78 is 13.1. The van der Waals surface area contributed by atoms with Gasteiger partial charge in [-0.25, -0.2) is 4.79 Å². The van der Waals surface area contributed by atoms with E-state index in [1.54, 1.807) is 4.57 Å². The van der Waals surface area contributed by atoms with Crippen molar-refractivity contribution in [1.29, 1.82) is 0 Å². The van der Waals surface area contributed by atoms with E-state index in [9.17, 15) is 4.79 Å². The lowest BCUT2D eigenvalue weighted by Crippen LogP contribution is -2.09. The minimum absolute atomic E-state index is 0.396. The van der Waals surface area contributed by atoms with Crippen molar-refractivity contribution >= 4 is 49.7 Å². The van der Waals surface area contributed by atoms with Crippen LogP contribution in [0.2, 0.25) is 0 Å². The standard InChI is InChI=1S/C24H24N4.C23H19N3O2/c1-27-14-20(19-13-26-23-9-4-2-7-17(19)23)21(15-27)22-16-28(12-6-11-25)24-10-5-3-8-18(22)24;1-25-12-18(17-11-24-21-9-5-3-7-15(17)21)19(13-25)20-14-26(23(27)28-2)22-10-6-4-8-16(20)22/h2-5,7-10,13-16,26H,6,11-12,25H2,1H3;3-14,24H,1-2H3. The molecule has 0 radical (unpaired) electrons. The lowest BCUT2D eigenvalue weighted by atomic mass is 9.98. The Hall–Kier alpha value is -6.97. The zero-order valence-electron chi connectivity index (χ0n) is 31.7. The summed E-state index contributed by atoms with van der Waals surface area (Å²) in [5.74, 6) is 0. The maximum Gasteiger partial charge on any atom is 0.418 e. The predicted octanol–water partition coefficient (Wildman–Crippen LogP) is 10.6. The van der Waals surface area contributed by atoms with Gasteiger partial charge in [-0.15, -0.1) is 0 Å². The van der Waals surface area contributed by atoms with Gasteiger partial charge < -0.3 is 34.1 Å². The smallest absolute Gasteiger partial charge is 0.418 e. The number of nitrogens with one attached hydrogen (secondary N) is 2. The van der Waals surface area contributed by atoms with E-state index in [4.69, 9.17) is 10.5 Å². The van der Waals surface area contributed by atoms with Crippen molar-refractivity contribution in [1.82, 2.24) is 28.2 Å². The van der Waals surface area contributed by atoms with E-state index < -0.39 is 6.09 Å². The first kappa shape index (κ1) is 34.8. The number of aryl methyl sites for hydroxylation is 3. The van der Waals surface area contributed by atoms with E-state index in [-0.39, 0.29) is 0 Å². The van der Waals surface area contributed by atoms with Crippen LogP contribution in [0.3, 0.4) is 0 Å². The zero-order chi connectivity index (χ0) is 38.3. The molecule has 0 spiro atoms. The van der Waals surface area contributed by atoms with Gasteiger partial charge in [0.2, 0.25) is 0 Å². The molecule has 0 atom stereocenters. The van der Waals surface area contributed by atoms with E-state index in [1.165, 1.54) is 51.0 Å². The molecule has 0 aliphatic carbocycles. The third-order valence-corrected chi connectivity index (χ3v) is 10.7. The molecule has 9 nitrogen and oxygen atoms in total. The molecule has 0 aliphatic rings. The number of methoxy groups -OCH3 is 1. The van der Waals surface area contributed by atoms with Crippen LogP contribution in [0.5, 0.6) is 0 Å². The van der Waals surface area contributed by atoms with Crippen molar-refractivity contribution in [2.45, 2.75) is 13.0 Å². The van der Waals surface area contributed by atoms with Crippen LogP contribution in [-0.4, -0.2) is 48.0 Å². The number of carbonyl (C=O) groups is 1. The van der Waals surface area contributed by atoms with Crippen molar-refractivity contribution in [2.24, 2.45) is 19.8 Å². The molecule has 0 aliphatic heterocycles. The third-order valence-electron chi connectivity index (χ3n) is 10.7. The molecule has 10 rings (SSSR count). The number of aromatic amines is 2. The molecule has 0 amide bonds. The molecule has 56 heavy (non-hydrogen) atoms. The molecular weight excluding hydrogens is 695 g/mol. The minimum atomic E-state index is -0.396. The molecule has 0 saturated heterocycles. The van der Waals surface area contributed by atoms with Gasteiger partial charge in [0.05, 0.1) is 12.6 Å². The molecule has 0 fully saturated rings. The van der Waals surface area contributed by atoms with Crippen LogP contribution in [0.1, 0.15) is 6.42 Å². The van der Waals surface area contributed by atoms with Gasteiger partial charge in [0.1, 0.15) is 0 Å². The Morgan fingerprint density at radius 3 is 1.54 bits per heavy atom. The summed E-state index contributed by atoms with van der Waals surface area (Å²) in [4.78, 5) is 19.1. The number of carbonyl (C=O) groups excluding carboxylic acids is 1. The van der Waals surface area contributed by atoms with Gasteiger partial charge in [-0.1, -0.05) is 72.8 Å². The SMILES string of the molecule is COC(=O)n1cc(-c2cn(C)cc2-c2c[nH]c3ccccc23)c2ccccc21.Cn1cc(-c2c[nH]c3ccccc23)c(-c2cn(CCCN)c3ccccc23)c1. The van der Waals surface area contributed by atoms with E-state index in [0.717, 1.165) is 57.2 Å². The summed E-state index contributed by atoms with van der Waals surface area (Å²) in [6, 6.07) is 33.3. The number of aromatic nitrogens is 6. The number of ether oxygens (including phenoxy) is 1. The molecule has 6 aromatic heterocycles. The molecule has 278 valence electrons. The second kappa shape index (κ2) is 14.4. The van der Waals surface area contributed by atoms with Crippen molar-refractivity contribution in [2.75, 3.05) is 13.7 Å². The average molecular weight is 738 g/mol. The van der Waals surface area contributed by atoms with Crippen molar-refractivity contribution < 1.29 is 9.53 Å². The monoisotopic (exact) mass is 737 g/mol. The van der Waals surface area contributed by atoms with Gasteiger partial charge in [-0.3, -0.25) is 4.57 Å². The van der Waals surface area contributed by atoms with Crippen molar-refractivity contribution in [3.05, 3.63) is 147 Å². The number of nitrogens with zero attached hydrogens (tertiary/aromatic N) is 4. The van der Waals surface area contributed by atoms with Crippen LogP contribution >= 0.6 is 0 Å². The van der Waals surface area contributed by atoms with Crippen LogP contribution in [0.25, 0.3) is 88.1 Å². The van der Waals surface area contributed by atoms with E-state index >= 15 is 0 Å². The molecular formula is C47H43N7O2. The van der Waals surface area contributed by atoms with Gasteiger partial charge in [0.15, 0.2) is 0 Å². The molecule has 10 aromatic rings. The predicted molar refractivity (Wildman–Crippen MR) is 229 cm³/mol. The molecule has 0 unspecified atom stereocenters. The summed E-state index contributed by atoms with van der Waals surface area (Å²) in [6.07, 6.45) is 17.6. The Morgan fingerprint density at radius 2 is 1.00 bits per heavy atom. The number of nitrogens with two attached hydrogens (primary N) is 1. The van der Waals surface area contributed by atoms with Gasteiger partial charge in [-0.2, -0.15) is 0 Å². The topological polar surface area (TPSA) is 104 Å². The number of benzene rings is 4. The van der Waals surface area contributed by atoms with Crippen LogP contribution in [0.15, 0.2) is 147 Å². The maximum atomic E-state index is 12.3. The van der Waals surface area contributed by atoms with Crippen molar-refractivity contribution in [3.63, 3.8) is 0 Å². The molecule has 4 aromatic carbocycles. The zero-order valence-corrected chi connectivity index (χ0v) is 31.7. The summed E-state index contributed by atoms with van der Waals surface area (Å²) in [7, 11) is 5.51. The number of rotatable bonds is 7. The Labute approximate surface area is 324 Å². The first-order chi connectivity index (χ1) is 27.4. The van der Waals surface area contributed by atoms with Gasteiger partial charge in [0, 0.05) is 153 Å². The molecule has 0 saturated carbocycles. The Balaban J connectivity index is 0.000000146. The highest BCUT2D eigenvalue weighted by atomic mass is 16.5. The fourth-order valence-electron chi connectivity index (χ4n) is 8.17. The van der Waals surface area contributed by atoms with Crippen LogP contribution in [0, 0.1) is 0 Å². The van der Waals surface area contributed by atoms with Crippen LogP contribution < -0.4 is 5.73 Å². The maximum absolute atomic E-state index is 12.3. The van der Waals surface area contributed by atoms with Gasteiger partial charge >= 0.3 is 6.09 Å². The Morgan fingerprint density at radius 1 is 0.554 bits per heavy atom. The fourth-order valence-corrected chi connectivity index (χ4v) is 8.17. The first-order valence-electron chi connectivity index (χ1n) is 18.9. The highest BCUT2D eigenvalue weighted by Gasteiger charge is 2.21. The van der Waals surface area contributed by atoms with Gasteiger partial charge in [0.25, 0.3) is 0 Å². The summed E-state index contributed by atoms with van der Waals surface area (Å²) in [6.45, 7) is 1.64. The third kappa shape index (κ3) is 5.99. The second-order valence-corrected chi connectivity index (χ2v) is 14.3. The lowest BCUT2D eigenvalue weighted by molar-refractivity contribution is 0.174. The highest BCUT2D eigenvalue weighted by Crippen LogP contribution is 2.42. The minimum Gasteiger partial charge on any atom is -0.452 e. The second-order valence-electron chi connectivity index (χ2n) is 14.3.